The molecule has 2 unspecified atom stereocenters. The predicted octanol–water partition coefficient (Wildman–Crippen LogP) is 3.33. The van der Waals surface area contributed by atoms with Crippen molar-refractivity contribution in [3.05, 3.63) is 35.4 Å². The van der Waals surface area contributed by atoms with Crippen molar-refractivity contribution in [2.24, 2.45) is 11.3 Å². The predicted molar refractivity (Wildman–Crippen MR) is 82.9 cm³/mol. The third kappa shape index (κ3) is 2.91. The number of ether oxygens (including phenoxy) is 1. The zero-order chi connectivity index (χ0) is 14.0. The summed E-state index contributed by atoms with van der Waals surface area (Å²) in [5.74, 6) is 0.821. The lowest BCUT2D eigenvalue weighted by molar-refractivity contribution is 0.0309. The fourth-order valence-corrected chi connectivity index (χ4v) is 3.67. The number of hydrogen-bond donors (Lipinski definition) is 1. The molecule has 1 N–H and O–H groups in total. The highest BCUT2D eigenvalue weighted by atomic mass is 16.5. The second-order valence-electron chi connectivity index (χ2n) is 6.68. The summed E-state index contributed by atoms with van der Waals surface area (Å²) in [6.07, 6.45) is 5.57. The number of hydrogen-bond acceptors (Lipinski definition) is 2. The lowest BCUT2D eigenvalue weighted by Crippen LogP contribution is -2.43. The van der Waals surface area contributed by atoms with Gasteiger partial charge in [0.2, 0.25) is 0 Å². The van der Waals surface area contributed by atoms with Crippen LogP contribution in [0.3, 0.4) is 0 Å². The summed E-state index contributed by atoms with van der Waals surface area (Å²) in [6.45, 7) is 7.44. The maximum absolute atomic E-state index is 6.15. The van der Waals surface area contributed by atoms with Gasteiger partial charge in [0.1, 0.15) is 0 Å². The number of benzene rings is 1. The van der Waals surface area contributed by atoms with Crippen LogP contribution in [0.25, 0.3) is 0 Å². The first-order valence-corrected chi connectivity index (χ1v) is 8.11. The fraction of sp³-hybridized carbons (Fsp3) is 0.667. The molecule has 1 saturated heterocycles. The van der Waals surface area contributed by atoms with Gasteiger partial charge in [-0.05, 0) is 50.6 Å². The average molecular weight is 273 g/mol. The molecule has 1 heterocycles. The molecule has 2 fully saturated rings. The molecule has 1 aromatic rings. The third-order valence-electron chi connectivity index (χ3n) is 4.95. The lowest BCUT2D eigenvalue weighted by Gasteiger charge is -2.35. The van der Waals surface area contributed by atoms with Gasteiger partial charge in [0.05, 0.1) is 6.10 Å². The molecule has 1 aliphatic heterocycles. The zero-order valence-corrected chi connectivity index (χ0v) is 12.8. The van der Waals surface area contributed by atoms with Gasteiger partial charge in [0.15, 0.2) is 0 Å². The summed E-state index contributed by atoms with van der Waals surface area (Å²) in [4.78, 5) is 0. The Hall–Kier alpha value is -0.860. The van der Waals surface area contributed by atoms with E-state index in [1.807, 2.05) is 0 Å². The second kappa shape index (κ2) is 5.87. The summed E-state index contributed by atoms with van der Waals surface area (Å²) in [5, 5.41) is 3.60. The molecule has 2 heteroatoms. The zero-order valence-electron chi connectivity index (χ0n) is 12.8. The minimum Gasteiger partial charge on any atom is -0.377 e. The van der Waals surface area contributed by atoms with E-state index >= 15 is 0 Å². The van der Waals surface area contributed by atoms with E-state index in [4.69, 9.17) is 4.74 Å². The molecule has 0 amide bonds. The molecule has 1 aromatic carbocycles. The third-order valence-corrected chi connectivity index (χ3v) is 4.95. The van der Waals surface area contributed by atoms with Crippen LogP contribution in [-0.4, -0.2) is 25.8 Å². The van der Waals surface area contributed by atoms with Gasteiger partial charge in [-0.15, -0.1) is 0 Å². The van der Waals surface area contributed by atoms with Gasteiger partial charge in [0.25, 0.3) is 0 Å². The fourth-order valence-electron chi connectivity index (χ4n) is 3.67. The van der Waals surface area contributed by atoms with Gasteiger partial charge in [-0.25, -0.2) is 0 Å². The van der Waals surface area contributed by atoms with Crippen molar-refractivity contribution < 1.29 is 4.74 Å². The van der Waals surface area contributed by atoms with E-state index in [-0.39, 0.29) is 0 Å². The molecule has 1 aliphatic carbocycles. The number of nitrogens with one attached hydrogen (secondary N) is 1. The monoisotopic (exact) mass is 273 g/mol. The normalized spacial score (nSPS) is 29.8. The molecule has 0 bridgehead atoms. The Balaban J connectivity index is 1.79. The standard InChI is InChI=1S/C18H27NO/c1-3-19-13-18(10-11-20-17(18)16-8-9-16)12-15-6-4-14(2)5-7-15/h4-7,16-17,19H,3,8-13H2,1-2H3. The Bertz CT molecular complexity index is 437. The van der Waals surface area contributed by atoms with E-state index in [0.29, 0.717) is 11.5 Å². The van der Waals surface area contributed by atoms with Crippen molar-refractivity contribution in [3.8, 4) is 0 Å². The van der Waals surface area contributed by atoms with Crippen molar-refractivity contribution in [1.82, 2.24) is 5.32 Å². The quantitative estimate of drug-likeness (QED) is 0.858. The van der Waals surface area contributed by atoms with Crippen LogP contribution in [0.4, 0.5) is 0 Å². The molecule has 2 nitrogen and oxygen atoms in total. The summed E-state index contributed by atoms with van der Waals surface area (Å²) in [5.41, 5.74) is 3.12. The van der Waals surface area contributed by atoms with E-state index in [1.54, 1.807) is 0 Å². The van der Waals surface area contributed by atoms with Gasteiger partial charge in [-0.1, -0.05) is 36.8 Å². The topological polar surface area (TPSA) is 21.3 Å². The van der Waals surface area contributed by atoms with E-state index in [2.05, 4.69) is 43.4 Å². The molecule has 0 radical (unpaired) electrons. The van der Waals surface area contributed by atoms with Gasteiger partial charge in [-0.2, -0.15) is 0 Å². The smallest absolute Gasteiger partial charge is 0.0675 e. The van der Waals surface area contributed by atoms with Crippen LogP contribution in [0, 0.1) is 18.3 Å². The van der Waals surface area contributed by atoms with Crippen LogP contribution in [0.5, 0.6) is 0 Å². The largest absolute Gasteiger partial charge is 0.377 e. The molecule has 20 heavy (non-hydrogen) atoms. The van der Waals surface area contributed by atoms with Crippen LogP contribution < -0.4 is 5.32 Å². The Morgan fingerprint density at radius 1 is 1.25 bits per heavy atom. The maximum atomic E-state index is 6.15. The Kier molecular flexibility index (Phi) is 4.13. The molecule has 0 spiro atoms. The SMILES string of the molecule is CCNCC1(Cc2ccc(C)cc2)CCOC1C1CC1. The van der Waals surface area contributed by atoms with Crippen LogP contribution in [-0.2, 0) is 11.2 Å². The van der Waals surface area contributed by atoms with Crippen molar-refractivity contribution in [1.29, 1.82) is 0 Å². The van der Waals surface area contributed by atoms with E-state index in [1.165, 1.54) is 30.4 Å². The number of rotatable bonds is 6. The highest BCUT2D eigenvalue weighted by Crippen LogP contribution is 2.49. The van der Waals surface area contributed by atoms with E-state index in [0.717, 1.165) is 32.0 Å². The summed E-state index contributed by atoms with van der Waals surface area (Å²) < 4.78 is 6.15. The lowest BCUT2D eigenvalue weighted by atomic mass is 9.74. The van der Waals surface area contributed by atoms with Gasteiger partial charge >= 0.3 is 0 Å². The van der Waals surface area contributed by atoms with E-state index in [9.17, 15) is 0 Å². The van der Waals surface area contributed by atoms with Crippen molar-refractivity contribution in [2.45, 2.75) is 45.6 Å². The second-order valence-corrected chi connectivity index (χ2v) is 6.68. The Labute approximate surface area is 122 Å². The highest BCUT2D eigenvalue weighted by molar-refractivity contribution is 5.23. The molecule has 3 rings (SSSR count). The van der Waals surface area contributed by atoms with E-state index < -0.39 is 0 Å². The Morgan fingerprint density at radius 2 is 2.00 bits per heavy atom. The molecule has 110 valence electrons. The molecular formula is C18H27NO. The number of aryl methyl sites for hydroxylation is 1. The summed E-state index contributed by atoms with van der Waals surface area (Å²) >= 11 is 0. The highest BCUT2D eigenvalue weighted by Gasteiger charge is 2.50. The first-order valence-electron chi connectivity index (χ1n) is 8.11. The van der Waals surface area contributed by atoms with Crippen molar-refractivity contribution in [3.63, 3.8) is 0 Å². The molecule has 1 saturated carbocycles. The minimum atomic E-state index is 0.312. The average Bonchev–Trinajstić information content (AvgIpc) is 3.21. The molecule has 0 aromatic heterocycles. The molecule has 2 atom stereocenters. The van der Waals surface area contributed by atoms with Gasteiger partial charge < -0.3 is 10.1 Å². The van der Waals surface area contributed by atoms with Gasteiger partial charge in [0, 0.05) is 18.6 Å². The summed E-state index contributed by atoms with van der Waals surface area (Å²) in [7, 11) is 0. The summed E-state index contributed by atoms with van der Waals surface area (Å²) in [6, 6.07) is 9.06. The minimum absolute atomic E-state index is 0.312. The first kappa shape index (κ1) is 14.1. The van der Waals surface area contributed by atoms with Crippen LogP contribution in [0.15, 0.2) is 24.3 Å². The van der Waals surface area contributed by atoms with Crippen LogP contribution in [0.2, 0.25) is 0 Å². The van der Waals surface area contributed by atoms with Crippen LogP contribution in [0.1, 0.15) is 37.3 Å². The van der Waals surface area contributed by atoms with Crippen molar-refractivity contribution in [2.75, 3.05) is 19.7 Å². The van der Waals surface area contributed by atoms with Crippen LogP contribution >= 0.6 is 0 Å². The van der Waals surface area contributed by atoms with Gasteiger partial charge in [-0.3, -0.25) is 0 Å². The Morgan fingerprint density at radius 3 is 2.65 bits per heavy atom. The molecule has 2 aliphatic rings. The molecular weight excluding hydrogens is 246 g/mol. The first-order chi connectivity index (χ1) is 9.73. The van der Waals surface area contributed by atoms with Crippen molar-refractivity contribution >= 4 is 0 Å². The maximum Gasteiger partial charge on any atom is 0.0675 e.